The lowest BCUT2D eigenvalue weighted by atomic mass is 10.3. The molecule has 110 valence electrons. The van der Waals surface area contributed by atoms with Gasteiger partial charge in [-0.25, -0.2) is 4.39 Å². The molecule has 0 saturated carbocycles. The van der Waals surface area contributed by atoms with Gasteiger partial charge in [0.05, 0.1) is 18.6 Å². The molecular formula is C15H13ClFNO2S. The minimum Gasteiger partial charge on any atom is -0.497 e. The predicted molar refractivity (Wildman–Crippen MR) is 83.8 cm³/mol. The number of methoxy groups -OCH3 is 1. The fraction of sp³-hybridized carbons (Fsp3) is 0.133. The normalized spacial score (nSPS) is 10.2. The van der Waals surface area contributed by atoms with Gasteiger partial charge in [0.25, 0.3) is 0 Å². The number of hydrogen-bond acceptors (Lipinski definition) is 3. The molecule has 2 rings (SSSR count). The number of rotatable bonds is 5. The van der Waals surface area contributed by atoms with E-state index in [1.807, 2.05) is 24.3 Å². The van der Waals surface area contributed by atoms with Gasteiger partial charge in [0, 0.05) is 9.92 Å². The zero-order valence-corrected chi connectivity index (χ0v) is 12.8. The van der Waals surface area contributed by atoms with Gasteiger partial charge in [-0.2, -0.15) is 0 Å². The lowest BCUT2D eigenvalue weighted by Crippen LogP contribution is -2.15. The summed E-state index contributed by atoms with van der Waals surface area (Å²) in [7, 11) is 1.59. The molecule has 21 heavy (non-hydrogen) atoms. The van der Waals surface area contributed by atoms with Crippen molar-refractivity contribution in [2.24, 2.45) is 0 Å². The highest BCUT2D eigenvalue weighted by Crippen LogP contribution is 2.23. The number of anilines is 1. The standard InChI is InChI=1S/C15H13ClFNO2S/c1-20-11-3-5-12(6-4-11)21-9-15(19)18-14-8-10(16)2-7-13(14)17/h2-8H,9H2,1H3,(H,18,19). The molecule has 0 spiro atoms. The first kappa shape index (κ1) is 15.7. The summed E-state index contributed by atoms with van der Waals surface area (Å²) in [5.74, 6) is 0.127. The Bertz CT molecular complexity index is 634. The molecule has 0 saturated heterocycles. The van der Waals surface area contributed by atoms with E-state index in [-0.39, 0.29) is 17.3 Å². The topological polar surface area (TPSA) is 38.3 Å². The molecular weight excluding hydrogens is 313 g/mol. The van der Waals surface area contributed by atoms with E-state index in [1.165, 1.54) is 30.0 Å². The maximum atomic E-state index is 13.5. The molecule has 2 aromatic carbocycles. The van der Waals surface area contributed by atoms with Crippen molar-refractivity contribution in [1.82, 2.24) is 0 Å². The van der Waals surface area contributed by atoms with Crippen molar-refractivity contribution in [2.45, 2.75) is 4.90 Å². The van der Waals surface area contributed by atoms with E-state index >= 15 is 0 Å². The summed E-state index contributed by atoms with van der Waals surface area (Å²) in [5, 5.41) is 2.87. The number of amides is 1. The highest BCUT2D eigenvalue weighted by molar-refractivity contribution is 8.00. The smallest absolute Gasteiger partial charge is 0.234 e. The first-order chi connectivity index (χ1) is 10.1. The van der Waals surface area contributed by atoms with Gasteiger partial charge in [0.2, 0.25) is 5.91 Å². The molecule has 0 aliphatic carbocycles. The quantitative estimate of drug-likeness (QED) is 0.836. The Balaban J connectivity index is 1.91. The van der Waals surface area contributed by atoms with Crippen molar-refractivity contribution in [1.29, 1.82) is 0 Å². The van der Waals surface area contributed by atoms with Crippen LogP contribution in [0.5, 0.6) is 5.75 Å². The second kappa shape index (κ2) is 7.33. The Morgan fingerprint density at radius 3 is 2.67 bits per heavy atom. The zero-order chi connectivity index (χ0) is 15.2. The zero-order valence-electron chi connectivity index (χ0n) is 11.2. The minimum atomic E-state index is -0.512. The first-order valence-corrected chi connectivity index (χ1v) is 7.46. The number of benzene rings is 2. The maximum Gasteiger partial charge on any atom is 0.234 e. The van der Waals surface area contributed by atoms with Crippen LogP contribution in [0.3, 0.4) is 0 Å². The average Bonchev–Trinajstić information content (AvgIpc) is 2.49. The van der Waals surface area contributed by atoms with Crippen molar-refractivity contribution < 1.29 is 13.9 Å². The highest BCUT2D eigenvalue weighted by atomic mass is 35.5. The number of hydrogen-bond donors (Lipinski definition) is 1. The number of halogens is 2. The van der Waals surface area contributed by atoms with Crippen molar-refractivity contribution in [3.8, 4) is 5.75 Å². The minimum absolute atomic E-state index is 0.0860. The molecule has 0 atom stereocenters. The van der Waals surface area contributed by atoms with Crippen molar-refractivity contribution in [3.63, 3.8) is 0 Å². The van der Waals surface area contributed by atoms with Gasteiger partial charge in [-0.1, -0.05) is 11.6 Å². The molecule has 3 nitrogen and oxygen atoms in total. The maximum absolute atomic E-state index is 13.5. The van der Waals surface area contributed by atoms with Gasteiger partial charge in [-0.3, -0.25) is 4.79 Å². The van der Waals surface area contributed by atoms with Gasteiger partial charge in [0.1, 0.15) is 11.6 Å². The number of ether oxygens (including phenoxy) is 1. The Morgan fingerprint density at radius 2 is 2.00 bits per heavy atom. The third-order valence-corrected chi connectivity index (χ3v) is 3.88. The van der Waals surface area contributed by atoms with Crippen LogP contribution in [-0.2, 0) is 4.79 Å². The van der Waals surface area contributed by atoms with E-state index in [9.17, 15) is 9.18 Å². The molecule has 0 fully saturated rings. The van der Waals surface area contributed by atoms with Gasteiger partial charge in [-0.05, 0) is 42.5 Å². The van der Waals surface area contributed by atoms with Gasteiger partial charge >= 0.3 is 0 Å². The summed E-state index contributed by atoms with van der Waals surface area (Å²) in [6.45, 7) is 0. The first-order valence-electron chi connectivity index (χ1n) is 6.10. The third-order valence-electron chi connectivity index (χ3n) is 2.63. The molecule has 0 radical (unpaired) electrons. The van der Waals surface area contributed by atoms with Gasteiger partial charge < -0.3 is 10.1 Å². The van der Waals surface area contributed by atoms with E-state index in [2.05, 4.69) is 5.32 Å². The highest BCUT2D eigenvalue weighted by Gasteiger charge is 2.08. The largest absolute Gasteiger partial charge is 0.497 e. The molecule has 2 aromatic rings. The second-order valence-corrected chi connectivity index (χ2v) is 5.62. The van der Waals surface area contributed by atoms with E-state index < -0.39 is 5.82 Å². The van der Waals surface area contributed by atoms with Crippen molar-refractivity contribution >= 4 is 35.0 Å². The SMILES string of the molecule is COc1ccc(SCC(=O)Nc2cc(Cl)ccc2F)cc1. The predicted octanol–water partition coefficient (Wildman–Crippen LogP) is 4.22. The molecule has 1 amide bonds. The van der Waals surface area contributed by atoms with Crippen LogP contribution in [0.2, 0.25) is 5.02 Å². The molecule has 1 N–H and O–H groups in total. The fourth-order valence-corrected chi connectivity index (χ4v) is 2.47. The molecule has 0 aromatic heterocycles. The molecule has 0 aliphatic heterocycles. The van der Waals surface area contributed by atoms with Crippen LogP contribution in [0.4, 0.5) is 10.1 Å². The third kappa shape index (κ3) is 4.65. The summed E-state index contributed by atoms with van der Waals surface area (Å²) in [6, 6.07) is 11.4. The number of thioether (sulfide) groups is 1. The summed E-state index contributed by atoms with van der Waals surface area (Å²) < 4.78 is 18.5. The van der Waals surface area contributed by atoms with E-state index in [0.29, 0.717) is 5.02 Å². The van der Waals surface area contributed by atoms with E-state index in [1.54, 1.807) is 7.11 Å². The van der Waals surface area contributed by atoms with Crippen LogP contribution < -0.4 is 10.1 Å². The Kier molecular flexibility index (Phi) is 5.47. The van der Waals surface area contributed by atoms with Gasteiger partial charge in [-0.15, -0.1) is 11.8 Å². The average molecular weight is 326 g/mol. The van der Waals surface area contributed by atoms with E-state index in [0.717, 1.165) is 10.6 Å². The van der Waals surface area contributed by atoms with Crippen molar-refractivity contribution in [2.75, 3.05) is 18.2 Å². The Morgan fingerprint density at radius 1 is 1.29 bits per heavy atom. The van der Waals surface area contributed by atoms with Crippen LogP contribution in [0.15, 0.2) is 47.4 Å². The molecule has 0 unspecified atom stereocenters. The summed E-state index contributed by atoms with van der Waals surface area (Å²) >= 11 is 7.12. The molecule has 6 heteroatoms. The lowest BCUT2D eigenvalue weighted by Gasteiger charge is -2.07. The Labute approximate surface area is 131 Å². The number of nitrogens with one attached hydrogen (secondary N) is 1. The Hall–Kier alpha value is -1.72. The van der Waals surface area contributed by atoms with Crippen LogP contribution >= 0.6 is 23.4 Å². The van der Waals surface area contributed by atoms with Gasteiger partial charge in [0.15, 0.2) is 0 Å². The van der Waals surface area contributed by atoms with Crippen LogP contribution in [-0.4, -0.2) is 18.8 Å². The second-order valence-electron chi connectivity index (χ2n) is 4.14. The molecule has 0 heterocycles. The number of carbonyl (C=O) groups is 1. The summed E-state index contributed by atoms with van der Waals surface area (Å²) in [4.78, 5) is 12.7. The van der Waals surface area contributed by atoms with Crippen molar-refractivity contribution in [3.05, 3.63) is 53.3 Å². The van der Waals surface area contributed by atoms with Crippen LogP contribution in [0.1, 0.15) is 0 Å². The van der Waals surface area contributed by atoms with Crippen LogP contribution in [0.25, 0.3) is 0 Å². The molecule has 0 aliphatic rings. The lowest BCUT2D eigenvalue weighted by molar-refractivity contribution is -0.113. The van der Waals surface area contributed by atoms with E-state index in [4.69, 9.17) is 16.3 Å². The number of carbonyl (C=O) groups excluding carboxylic acids is 1. The molecule has 0 bridgehead atoms. The van der Waals surface area contributed by atoms with Crippen LogP contribution in [0, 0.1) is 5.82 Å². The monoisotopic (exact) mass is 325 g/mol. The summed E-state index contributed by atoms with van der Waals surface area (Å²) in [6.07, 6.45) is 0. The summed E-state index contributed by atoms with van der Waals surface area (Å²) in [5.41, 5.74) is 0.0860. The fourth-order valence-electron chi connectivity index (χ4n) is 1.60.